The second-order valence-corrected chi connectivity index (χ2v) is 4.40. The summed E-state index contributed by atoms with van der Waals surface area (Å²) in [5, 5.41) is 0. The quantitative estimate of drug-likeness (QED) is 0.654. The Hall–Kier alpha value is -0.650. The number of nitrogens with two attached hydrogens (primary N) is 2. The van der Waals surface area contributed by atoms with Gasteiger partial charge in [0.15, 0.2) is 0 Å². The number of hydrogen-bond donors (Lipinski definition) is 2. The first-order chi connectivity index (χ1) is 7.63. The van der Waals surface area contributed by atoms with Crippen molar-refractivity contribution in [1.82, 2.24) is 4.90 Å². The van der Waals surface area contributed by atoms with Crippen LogP contribution in [0.3, 0.4) is 0 Å². The maximum atomic E-state index is 10.9. The molecule has 0 aromatic carbocycles. The molecule has 1 aliphatic rings. The highest BCUT2D eigenvalue weighted by Crippen LogP contribution is 2.13. The number of hydrogen-bond acceptors (Lipinski definition) is 4. The number of ether oxygens (including phenoxy) is 1. The number of piperidine rings is 1. The number of amides is 1. The Morgan fingerprint density at radius 1 is 1.62 bits per heavy atom. The normalized spacial score (nSPS) is 24.2. The van der Waals surface area contributed by atoms with Crippen LogP contribution in [-0.2, 0) is 9.53 Å². The van der Waals surface area contributed by atoms with Crippen LogP contribution in [0.2, 0.25) is 0 Å². The Kier molecular flexibility index (Phi) is 5.73. The molecule has 4 N–H and O–H groups in total. The van der Waals surface area contributed by atoms with E-state index in [0.717, 1.165) is 39.0 Å². The number of nitrogens with zero attached hydrogens (tertiary/aromatic N) is 1. The summed E-state index contributed by atoms with van der Waals surface area (Å²) in [7, 11) is 0. The Morgan fingerprint density at radius 3 is 3.00 bits per heavy atom. The Labute approximate surface area is 97.1 Å². The van der Waals surface area contributed by atoms with Crippen LogP contribution in [0.25, 0.3) is 0 Å². The molecule has 2 unspecified atom stereocenters. The first kappa shape index (κ1) is 13.4. The lowest BCUT2D eigenvalue weighted by Crippen LogP contribution is -2.50. The smallest absolute Gasteiger partial charge is 0.235 e. The van der Waals surface area contributed by atoms with Gasteiger partial charge in [-0.15, -0.1) is 0 Å². The van der Waals surface area contributed by atoms with Crippen LogP contribution < -0.4 is 11.5 Å². The average Bonchev–Trinajstić information content (AvgIpc) is 2.26. The first-order valence-corrected chi connectivity index (χ1v) is 6.02. The van der Waals surface area contributed by atoms with Crippen LogP contribution >= 0.6 is 0 Å². The van der Waals surface area contributed by atoms with E-state index in [1.807, 2.05) is 0 Å². The van der Waals surface area contributed by atoms with Gasteiger partial charge in [-0.05, 0) is 25.8 Å². The summed E-state index contributed by atoms with van der Waals surface area (Å²) >= 11 is 0. The molecule has 0 aromatic rings. The molecule has 1 aliphatic heterocycles. The van der Waals surface area contributed by atoms with Gasteiger partial charge in [-0.25, -0.2) is 0 Å². The Morgan fingerprint density at radius 2 is 2.38 bits per heavy atom. The molecule has 0 aliphatic carbocycles. The molecule has 5 nitrogen and oxygen atoms in total. The number of rotatable bonds is 6. The molecule has 16 heavy (non-hydrogen) atoms. The fourth-order valence-corrected chi connectivity index (χ4v) is 1.97. The van der Waals surface area contributed by atoms with Gasteiger partial charge >= 0.3 is 0 Å². The van der Waals surface area contributed by atoms with E-state index in [1.165, 1.54) is 0 Å². The maximum absolute atomic E-state index is 10.9. The standard InChI is InChI=1S/C11H23N3O2/c1-2-6-16-9-4-3-5-14(7-9)8-10(12)11(13)15/h9-10H,2-8,12H2,1H3,(H2,13,15). The van der Waals surface area contributed by atoms with Crippen molar-refractivity contribution in [2.75, 3.05) is 26.2 Å². The third-order valence-electron chi connectivity index (χ3n) is 2.84. The van der Waals surface area contributed by atoms with E-state index in [1.54, 1.807) is 0 Å². The first-order valence-electron chi connectivity index (χ1n) is 6.02. The van der Waals surface area contributed by atoms with Gasteiger partial charge in [0.05, 0.1) is 12.1 Å². The van der Waals surface area contributed by atoms with Crippen molar-refractivity contribution in [2.45, 2.75) is 38.3 Å². The van der Waals surface area contributed by atoms with Crippen molar-refractivity contribution in [3.63, 3.8) is 0 Å². The largest absolute Gasteiger partial charge is 0.377 e. The van der Waals surface area contributed by atoms with Crippen molar-refractivity contribution in [1.29, 1.82) is 0 Å². The van der Waals surface area contributed by atoms with Crippen molar-refractivity contribution >= 4 is 5.91 Å². The number of primary amides is 1. The fourth-order valence-electron chi connectivity index (χ4n) is 1.97. The summed E-state index contributed by atoms with van der Waals surface area (Å²) in [6.45, 7) is 5.29. The van der Waals surface area contributed by atoms with Gasteiger partial charge in [-0.2, -0.15) is 0 Å². The molecule has 94 valence electrons. The zero-order valence-corrected chi connectivity index (χ0v) is 10.0. The Bertz CT molecular complexity index is 223. The van der Waals surface area contributed by atoms with Crippen LogP contribution in [0.5, 0.6) is 0 Å². The SMILES string of the molecule is CCCOC1CCCN(CC(N)C(N)=O)C1. The zero-order valence-electron chi connectivity index (χ0n) is 10.0. The lowest BCUT2D eigenvalue weighted by Gasteiger charge is -2.33. The Balaban J connectivity index is 2.29. The van der Waals surface area contributed by atoms with Crippen molar-refractivity contribution in [3.8, 4) is 0 Å². The predicted octanol–water partition coefficient (Wildman–Crippen LogP) is -0.310. The van der Waals surface area contributed by atoms with Gasteiger partial charge in [-0.1, -0.05) is 6.92 Å². The fraction of sp³-hybridized carbons (Fsp3) is 0.909. The summed E-state index contributed by atoms with van der Waals surface area (Å²) in [6.07, 6.45) is 3.52. The number of carbonyl (C=O) groups excluding carboxylic acids is 1. The highest BCUT2D eigenvalue weighted by Gasteiger charge is 2.22. The second kappa shape index (κ2) is 6.83. The summed E-state index contributed by atoms with van der Waals surface area (Å²) in [5.41, 5.74) is 10.8. The van der Waals surface area contributed by atoms with Crippen LogP contribution in [0.4, 0.5) is 0 Å². The average molecular weight is 229 g/mol. The minimum absolute atomic E-state index is 0.286. The lowest BCUT2D eigenvalue weighted by atomic mass is 10.1. The molecule has 1 rings (SSSR count). The third-order valence-corrected chi connectivity index (χ3v) is 2.84. The van der Waals surface area contributed by atoms with E-state index in [2.05, 4.69) is 11.8 Å². The van der Waals surface area contributed by atoms with Gasteiger partial charge in [0.1, 0.15) is 0 Å². The van der Waals surface area contributed by atoms with Crippen LogP contribution in [0.1, 0.15) is 26.2 Å². The van der Waals surface area contributed by atoms with E-state index in [0.29, 0.717) is 6.54 Å². The van der Waals surface area contributed by atoms with Crippen LogP contribution in [0.15, 0.2) is 0 Å². The highest BCUT2D eigenvalue weighted by atomic mass is 16.5. The van der Waals surface area contributed by atoms with Crippen molar-refractivity contribution in [2.24, 2.45) is 11.5 Å². The molecular weight excluding hydrogens is 206 g/mol. The molecule has 0 aromatic heterocycles. The molecule has 1 fully saturated rings. The molecule has 2 atom stereocenters. The summed E-state index contributed by atoms with van der Waals surface area (Å²) < 4.78 is 5.71. The molecule has 0 bridgehead atoms. The summed E-state index contributed by atoms with van der Waals surface area (Å²) in [5.74, 6) is -0.434. The maximum Gasteiger partial charge on any atom is 0.235 e. The molecule has 0 saturated carbocycles. The van der Waals surface area contributed by atoms with E-state index in [4.69, 9.17) is 16.2 Å². The lowest BCUT2D eigenvalue weighted by molar-refractivity contribution is -0.120. The minimum atomic E-state index is -0.565. The van der Waals surface area contributed by atoms with Crippen molar-refractivity contribution in [3.05, 3.63) is 0 Å². The molecule has 0 radical (unpaired) electrons. The molecular formula is C11H23N3O2. The molecule has 5 heteroatoms. The molecule has 0 spiro atoms. The number of carbonyl (C=O) groups is 1. The molecule has 1 heterocycles. The second-order valence-electron chi connectivity index (χ2n) is 4.40. The van der Waals surface area contributed by atoms with Crippen LogP contribution in [-0.4, -0.2) is 49.2 Å². The van der Waals surface area contributed by atoms with Crippen LogP contribution in [0, 0.1) is 0 Å². The third kappa shape index (κ3) is 4.47. The van der Waals surface area contributed by atoms with E-state index in [9.17, 15) is 4.79 Å². The minimum Gasteiger partial charge on any atom is -0.377 e. The van der Waals surface area contributed by atoms with Gasteiger partial charge in [0, 0.05) is 19.7 Å². The van der Waals surface area contributed by atoms with Crippen molar-refractivity contribution < 1.29 is 9.53 Å². The van der Waals surface area contributed by atoms with E-state index in [-0.39, 0.29) is 6.10 Å². The predicted molar refractivity (Wildman–Crippen MR) is 62.9 cm³/mol. The monoisotopic (exact) mass is 229 g/mol. The topological polar surface area (TPSA) is 81.6 Å². The van der Waals surface area contributed by atoms with Gasteiger partial charge < -0.3 is 16.2 Å². The van der Waals surface area contributed by atoms with Gasteiger partial charge in [0.2, 0.25) is 5.91 Å². The zero-order chi connectivity index (χ0) is 12.0. The van der Waals surface area contributed by atoms with E-state index >= 15 is 0 Å². The molecule has 1 saturated heterocycles. The van der Waals surface area contributed by atoms with E-state index < -0.39 is 11.9 Å². The summed E-state index contributed by atoms with van der Waals surface area (Å²) in [4.78, 5) is 13.0. The number of likely N-dealkylation sites (tertiary alicyclic amines) is 1. The van der Waals surface area contributed by atoms with Gasteiger partial charge in [0.25, 0.3) is 0 Å². The summed E-state index contributed by atoms with van der Waals surface area (Å²) in [6, 6.07) is -0.565. The van der Waals surface area contributed by atoms with Gasteiger partial charge in [-0.3, -0.25) is 9.69 Å². The highest BCUT2D eigenvalue weighted by molar-refractivity contribution is 5.79. The molecule has 1 amide bonds.